The summed E-state index contributed by atoms with van der Waals surface area (Å²) in [6, 6.07) is 2.02. The van der Waals surface area contributed by atoms with E-state index in [2.05, 4.69) is 34.5 Å². The topological polar surface area (TPSA) is 120 Å². The zero-order valence-corrected chi connectivity index (χ0v) is 21.3. The van der Waals surface area contributed by atoms with E-state index in [1.807, 2.05) is 10.9 Å². The largest absolute Gasteiger partial charge is 0.394 e. The van der Waals surface area contributed by atoms with Gasteiger partial charge in [0.15, 0.2) is 11.6 Å². The lowest BCUT2D eigenvalue weighted by Crippen LogP contribution is -2.57. The Morgan fingerprint density at radius 1 is 1.14 bits per heavy atom. The van der Waals surface area contributed by atoms with Crippen LogP contribution in [-0.4, -0.2) is 78.3 Å². The molecular formula is C24H29ClF2N6O4. The first-order chi connectivity index (χ1) is 17.7. The predicted octanol–water partition coefficient (Wildman–Crippen LogP) is 2.60. The number of aromatic nitrogens is 6. The molecule has 2 fully saturated rings. The van der Waals surface area contributed by atoms with Crippen LogP contribution in [0, 0.1) is 23.5 Å². The molecule has 0 amide bonds. The molecule has 13 heteroatoms. The van der Waals surface area contributed by atoms with Crippen molar-refractivity contribution in [3.8, 4) is 11.3 Å². The van der Waals surface area contributed by atoms with Crippen LogP contribution >= 0.6 is 11.6 Å². The summed E-state index contributed by atoms with van der Waals surface area (Å²) in [6.07, 6.45) is 1.15. The Bertz CT molecular complexity index is 1260. The molecule has 7 atom stereocenters. The number of halogens is 3. The van der Waals surface area contributed by atoms with E-state index in [0.717, 1.165) is 6.42 Å². The van der Waals surface area contributed by atoms with Crippen molar-refractivity contribution in [3.63, 3.8) is 0 Å². The number of nitrogens with zero attached hydrogens (tertiary/aromatic N) is 6. The second-order valence-electron chi connectivity index (χ2n) is 9.99. The van der Waals surface area contributed by atoms with Crippen molar-refractivity contribution in [1.82, 2.24) is 30.0 Å². The zero-order chi connectivity index (χ0) is 26.4. The van der Waals surface area contributed by atoms with Gasteiger partial charge < -0.3 is 19.7 Å². The predicted molar refractivity (Wildman–Crippen MR) is 128 cm³/mol. The van der Waals surface area contributed by atoms with Gasteiger partial charge in [0.1, 0.15) is 30.0 Å². The first-order valence-corrected chi connectivity index (χ1v) is 12.5. The molecule has 1 saturated carbocycles. The van der Waals surface area contributed by atoms with Gasteiger partial charge in [0.05, 0.1) is 35.7 Å². The summed E-state index contributed by atoms with van der Waals surface area (Å²) in [5, 5.41) is 37.2. The highest BCUT2D eigenvalue weighted by molar-refractivity contribution is 6.30. The Hall–Kier alpha value is -2.51. The molecule has 2 N–H and O–H groups in total. The minimum atomic E-state index is -1.22. The Balaban J connectivity index is 1.40. The molecule has 200 valence electrons. The average molecular weight is 539 g/mol. The van der Waals surface area contributed by atoms with Gasteiger partial charge in [0.25, 0.3) is 0 Å². The van der Waals surface area contributed by atoms with Crippen LogP contribution in [0.5, 0.6) is 0 Å². The third-order valence-corrected chi connectivity index (χ3v) is 7.62. The third-order valence-electron chi connectivity index (χ3n) is 7.33. The van der Waals surface area contributed by atoms with Gasteiger partial charge in [-0.3, -0.25) is 0 Å². The van der Waals surface area contributed by atoms with Crippen molar-refractivity contribution >= 4 is 11.6 Å². The van der Waals surface area contributed by atoms with E-state index < -0.39 is 48.7 Å². The van der Waals surface area contributed by atoms with Gasteiger partial charge in [-0.2, -0.15) is 0 Å². The molecule has 5 rings (SSSR count). The third kappa shape index (κ3) is 4.88. The lowest BCUT2D eigenvalue weighted by atomic mass is 9.90. The number of aliphatic hydroxyl groups excluding tert-OH is 2. The van der Waals surface area contributed by atoms with E-state index in [9.17, 15) is 19.0 Å². The molecule has 10 nitrogen and oxygen atoms in total. The van der Waals surface area contributed by atoms with Gasteiger partial charge in [-0.15, -0.1) is 10.2 Å². The van der Waals surface area contributed by atoms with Crippen molar-refractivity contribution in [2.24, 2.45) is 11.8 Å². The summed E-state index contributed by atoms with van der Waals surface area (Å²) >= 11 is 5.66. The molecule has 0 bridgehead atoms. The van der Waals surface area contributed by atoms with E-state index in [1.54, 1.807) is 0 Å². The number of methoxy groups -OCH3 is 1. The van der Waals surface area contributed by atoms with E-state index in [-0.39, 0.29) is 16.3 Å². The smallest absolute Gasteiger partial charge is 0.178 e. The molecule has 1 aliphatic carbocycles. The van der Waals surface area contributed by atoms with Crippen LogP contribution in [0.15, 0.2) is 24.5 Å². The fraction of sp³-hybridized carbons (Fsp3) is 0.583. The van der Waals surface area contributed by atoms with E-state index >= 15 is 0 Å². The molecule has 1 aromatic carbocycles. The summed E-state index contributed by atoms with van der Waals surface area (Å²) in [6.45, 7) is 3.93. The van der Waals surface area contributed by atoms with Crippen LogP contribution in [0.3, 0.4) is 0 Å². The number of aliphatic hydroxyl groups is 2. The second-order valence-corrected chi connectivity index (χ2v) is 10.4. The summed E-state index contributed by atoms with van der Waals surface area (Å²) < 4.78 is 43.4. The van der Waals surface area contributed by atoms with Crippen LogP contribution in [0.25, 0.3) is 11.3 Å². The maximum atomic E-state index is 14.5. The molecule has 3 heterocycles. The van der Waals surface area contributed by atoms with Gasteiger partial charge in [0, 0.05) is 25.3 Å². The lowest BCUT2D eigenvalue weighted by molar-refractivity contribution is -0.212. The lowest BCUT2D eigenvalue weighted by Gasteiger charge is -2.43. The number of hydrogen-bond donors (Lipinski definition) is 2. The van der Waals surface area contributed by atoms with Gasteiger partial charge >= 0.3 is 0 Å². The molecule has 3 aromatic rings. The van der Waals surface area contributed by atoms with E-state index in [0.29, 0.717) is 30.0 Å². The first kappa shape index (κ1) is 26.1. The first-order valence-electron chi connectivity index (χ1n) is 12.2. The van der Waals surface area contributed by atoms with Gasteiger partial charge in [-0.05, 0) is 30.4 Å². The minimum Gasteiger partial charge on any atom is -0.394 e. The zero-order valence-electron chi connectivity index (χ0n) is 20.6. The van der Waals surface area contributed by atoms with Crippen molar-refractivity contribution < 1.29 is 28.5 Å². The Kier molecular flexibility index (Phi) is 7.29. The molecule has 0 unspecified atom stereocenters. The highest BCUT2D eigenvalue weighted by atomic mass is 35.5. The van der Waals surface area contributed by atoms with Crippen LogP contribution in [0.1, 0.15) is 38.0 Å². The van der Waals surface area contributed by atoms with Crippen molar-refractivity contribution in [3.05, 3.63) is 46.9 Å². The van der Waals surface area contributed by atoms with Crippen molar-refractivity contribution in [2.75, 3.05) is 13.7 Å². The highest BCUT2D eigenvalue weighted by Crippen LogP contribution is 2.47. The molecule has 37 heavy (non-hydrogen) atoms. The minimum absolute atomic E-state index is 0.0470. The van der Waals surface area contributed by atoms with Gasteiger partial charge in [-0.1, -0.05) is 35.9 Å². The highest BCUT2D eigenvalue weighted by Gasteiger charge is 2.47. The monoisotopic (exact) mass is 538 g/mol. The second kappa shape index (κ2) is 10.3. The van der Waals surface area contributed by atoms with Crippen LogP contribution in [0.4, 0.5) is 8.78 Å². The number of hydrogen-bond acceptors (Lipinski definition) is 8. The maximum Gasteiger partial charge on any atom is 0.178 e. The van der Waals surface area contributed by atoms with Crippen molar-refractivity contribution in [1.29, 1.82) is 0 Å². The molecular weight excluding hydrogens is 510 g/mol. The molecule has 0 radical (unpaired) electrons. The summed E-state index contributed by atoms with van der Waals surface area (Å²) in [4.78, 5) is 0. The van der Waals surface area contributed by atoms with Crippen LogP contribution in [-0.2, 0) is 15.9 Å². The molecule has 2 aliphatic rings. The number of benzene rings is 1. The normalized spacial score (nSPS) is 29.7. The fourth-order valence-corrected chi connectivity index (χ4v) is 5.34. The maximum absolute atomic E-state index is 14.5. The molecule has 1 aliphatic heterocycles. The summed E-state index contributed by atoms with van der Waals surface area (Å²) in [7, 11) is 1.47. The quantitative estimate of drug-likeness (QED) is 0.420. The molecule has 0 spiro atoms. The average Bonchev–Trinajstić information content (AvgIpc) is 3.31. The molecule has 2 aromatic heterocycles. The fourth-order valence-electron chi connectivity index (χ4n) is 5.20. The van der Waals surface area contributed by atoms with Gasteiger partial charge in [0.2, 0.25) is 0 Å². The van der Waals surface area contributed by atoms with Crippen LogP contribution in [0.2, 0.25) is 5.02 Å². The number of rotatable bonds is 8. The molecule has 1 saturated heterocycles. The van der Waals surface area contributed by atoms with Gasteiger partial charge in [-0.25, -0.2) is 18.1 Å². The van der Waals surface area contributed by atoms with E-state index in [1.165, 1.54) is 30.1 Å². The Morgan fingerprint density at radius 2 is 1.89 bits per heavy atom. The van der Waals surface area contributed by atoms with Crippen LogP contribution < -0.4 is 0 Å². The van der Waals surface area contributed by atoms with Crippen molar-refractivity contribution in [2.45, 2.75) is 63.2 Å². The summed E-state index contributed by atoms with van der Waals surface area (Å²) in [5.74, 6) is -1.20. The van der Waals surface area contributed by atoms with E-state index in [4.69, 9.17) is 21.1 Å². The Labute approximate surface area is 217 Å². The SMILES string of the molecule is CO[C@@H]1[C@@H](n2cc(-c3ccc(Cl)c(F)c3F)nn2)[C@@H](O)[C@@H](CO)O[C@@H]1Cc1cn([C@@H]2C[C@H]2C(C)C)nn1. The standard InChI is InChI=1S/C24H29ClF2N6O4/c1-11(2)14-7-17(14)32-8-12(28-30-32)6-18-24(36-3)22(23(35)19(10-34)37-18)33-9-16(29-31-33)13-4-5-15(25)21(27)20(13)26/h4-5,8-9,11,14,17-19,22-24,34-35H,6-7,10H2,1-3H3/t14-,17+,18+,19+,22-,23-,24-/m0/s1. The Morgan fingerprint density at radius 3 is 2.57 bits per heavy atom. The summed E-state index contributed by atoms with van der Waals surface area (Å²) in [5.41, 5.74) is 0.604. The number of ether oxygens (including phenoxy) is 2.